The van der Waals surface area contributed by atoms with Crippen LogP contribution in [0, 0.1) is 5.41 Å². The highest BCUT2D eigenvalue weighted by Crippen LogP contribution is 2.39. The van der Waals surface area contributed by atoms with E-state index < -0.39 is 0 Å². The van der Waals surface area contributed by atoms with Crippen LogP contribution in [0.4, 0.5) is 0 Å². The lowest BCUT2D eigenvalue weighted by molar-refractivity contribution is -0.143. The fourth-order valence-electron chi connectivity index (χ4n) is 4.40. The SMILES string of the molecule is CN(C(=O)C1(CN)CCCC1)C1CCN(Cc2ccccc2)CC1.Cl.Cl. The molecule has 0 unspecified atom stereocenters. The zero-order valence-electron chi connectivity index (χ0n) is 15.7. The minimum atomic E-state index is -0.268. The second-order valence-corrected chi connectivity index (χ2v) is 7.60. The first kappa shape index (κ1) is 23.2. The maximum Gasteiger partial charge on any atom is 0.230 e. The Morgan fingerprint density at radius 1 is 1.15 bits per heavy atom. The number of nitrogens with zero attached hydrogens (tertiary/aromatic N) is 2. The fourth-order valence-corrected chi connectivity index (χ4v) is 4.40. The number of hydrogen-bond donors (Lipinski definition) is 1. The maximum atomic E-state index is 13.0. The van der Waals surface area contributed by atoms with Gasteiger partial charge in [0, 0.05) is 39.3 Å². The number of nitrogens with two attached hydrogens (primary N) is 1. The predicted octanol–water partition coefficient (Wildman–Crippen LogP) is 3.47. The third kappa shape index (κ3) is 5.13. The average molecular weight is 402 g/mol. The molecule has 0 radical (unpaired) electrons. The number of rotatable bonds is 5. The monoisotopic (exact) mass is 401 g/mol. The van der Waals surface area contributed by atoms with E-state index in [-0.39, 0.29) is 30.2 Å². The van der Waals surface area contributed by atoms with Gasteiger partial charge in [0.25, 0.3) is 0 Å². The number of carbonyl (C=O) groups is 1. The number of halogens is 2. The van der Waals surface area contributed by atoms with Gasteiger partial charge in [-0.1, -0.05) is 43.2 Å². The van der Waals surface area contributed by atoms with Gasteiger partial charge in [0.1, 0.15) is 0 Å². The molecule has 148 valence electrons. The zero-order chi connectivity index (χ0) is 17.0. The summed E-state index contributed by atoms with van der Waals surface area (Å²) in [5.74, 6) is 0.295. The molecule has 1 saturated heterocycles. The molecular weight excluding hydrogens is 369 g/mol. The predicted molar refractivity (Wildman–Crippen MR) is 112 cm³/mol. The number of carbonyl (C=O) groups excluding carboxylic acids is 1. The summed E-state index contributed by atoms with van der Waals surface area (Å²) >= 11 is 0. The van der Waals surface area contributed by atoms with Gasteiger partial charge in [-0.3, -0.25) is 9.69 Å². The van der Waals surface area contributed by atoms with Crippen LogP contribution in [0.2, 0.25) is 0 Å². The summed E-state index contributed by atoms with van der Waals surface area (Å²) < 4.78 is 0. The molecule has 1 heterocycles. The summed E-state index contributed by atoms with van der Waals surface area (Å²) in [4.78, 5) is 17.5. The summed E-state index contributed by atoms with van der Waals surface area (Å²) in [6.45, 7) is 3.64. The Kier molecular flexibility index (Phi) is 9.39. The Balaban J connectivity index is 0.00000169. The lowest BCUT2D eigenvalue weighted by Crippen LogP contribution is -2.51. The highest BCUT2D eigenvalue weighted by Gasteiger charge is 2.43. The number of likely N-dealkylation sites (tertiary alicyclic amines) is 1. The smallest absolute Gasteiger partial charge is 0.230 e. The molecule has 2 fully saturated rings. The first-order valence-electron chi connectivity index (χ1n) is 9.38. The molecule has 1 amide bonds. The van der Waals surface area contributed by atoms with Gasteiger partial charge in [-0.25, -0.2) is 0 Å². The lowest BCUT2D eigenvalue weighted by atomic mass is 9.84. The van der Waals surface area contributed by atoms with E-state index in [2.05, 4.69) is 35.2 Å². The van der Waals surface area contributed by atoms with Gasteiger partial charge >= 0.3 is 0 Å². The van der Waals surface area contributed by atoms with Crippen molar-refractivity contribution in [3.63, 3.8) is 0 Å². The molecule has 0 bridgehead atoms. The molecule has 3 rings (SSSR count). The second-order valence-electron chi connectivity index (χ2n) is 7.60. The summed E-state index contributed by atoms with van der Waals surface area (Å²) in [6, 6.07) is 11.0. The van der Waals surface area contributed by atoms with Crippen LogP contribution in [0.1, 0.15) is 44.1 Å². The Bertz CT molecular complexity index is 541. The molecule has 6 heteroatoms. The van der Waals surface area contributed by atoms with Gasteiger partial charge < -0.3 is 10.6 Å². The van der Waals surface area contributed by atoms with Crippen molar-refractivity contribution in [3.05, 3.63) is 35.9 Å². The molecule has 1 saturated carbocycles. The second kappa shape index (κ2) is 10.5. The Morgan fingerprint density at radius 3 is 2.27 bits per heavy atom. The molecule has 0 atom stereocenters. The first-order valence-corrected chi connectivity index (χ1v) is 9.38. The Labute approximate surface area is 170 Å². The maximum absolute atomic E-state index is 13.0. The molecule has 2 N–H and O–H groups in total. The minimum Gasteiger partial charge on any atom is -0.342 e. The van der Waals surface area contributed by atoms with Crippen LogP contribution in [0.3, 0.4) is 0 Å². The molecule has 1 aliphatic carbocycles. The van der Waals surface area contributed by atoms with Crippen molar-refractivity contribution in [2.75, 3.05) is 26.7 Å². The van der Waals surface area contributed by atoms with Gasteiger partial charge in [-0.05, 0) is 31.2 Å². The summed E-state index contributed by atoms with van der Waals surface area (Å²) in [6.07, 6.45) is 6.36. The fraction of sp³-hybridized carbons (Fsp3) is 0.650. The topological polar surface area (TPSA) is 49.6 Å². The quantitative estimate of drug-likeness (QED) is 0.821. The number of benzene rings is 1. The molecule has 4 nitrogen and oxygen atoms in total. The van der Waals surface area contributed by atoms with Crippen LogP contribution in [-0.2, 0) is 11.3 Å². The molecule has 2 aliphatic rings. The van der Waals surface area contributed by atoms with E-state index in [4.69, 9.17) is 5.73 Å². The standard InChI is InChI=1S/C20H31N3O.2ClH/c1-22(19(24)20(16-21)11-5-6-12-20)18-9-13-23(14-10-18)15-17-7-3-2-4-8-17;;/h2-4,7-8,18H,5-6,9-16,21H2,1H3;2*1H. The van der Waals surface area contributed by atoms with Crippen molar-refractivity contribution < 1.29 is 4.79 Å². The van der Waals surface area contributed by atoms with Crippen molar-refractivity contribution in [3.8, 4) is 0 Å². The molecule has 26 heavy (non-hydrogen) atoms. The first-order chi connectivity index (χ1) is 11.6. The van der Waals surface area contributed by atoms with E-state index >= 15 is 0 Å². The van der Waals surface area contributed by atoms with Gasteiger partial charge in [-0.15, -0.1) is 24.8 Å². The minimum absolute atomic E-state index is 0. The van der Waals surface area contributed by atoms with E-state index in [0.717, 1.165) is 58.2 Å². The highest BCUT2D eigenvalue weighted by molar-refractivity contribution is 5.85. The molecular formula is C20H33Cl2N3O. The van der Waals surface area contributed by atoms with Crippen LogP contribution in [0.15, 0.2) is 30.3 Å². The van der Waals surface area contributed by atoms with Gasteiger partial charge in [0.05, 0.1) is 5.41 Å². The summed E-state index contributed by atoms with van der Waals surface area (Å²) in [7, 11) is 2.00. The average Bonchev–Trinajstić information content (AvgIpc) is 3.12. The number of piperidine rings is 1. The van der Waals surface area contributed by atoms with E-state index in [0.29, 0.717) is 18.5 Å². The van der Waals surface area contributed by atoms with Crippen LogP contribution >= 0.6 is 24.8 Å². The van der Waals surface area contributed by atoms with Crippen LogP contribution in [0.5, 0.6) is 0 Å². The highest BCUT2D eigenvalue weighted by atomic mass is 35.5. The van der Waals surface area contributed by atoms with Crippen LogP contribution in [0.25, 0.3) is 0 Å². The van der Waals surface area contributed by atoms with E-state index in [9.17, 15) is 4.79 Å². The van der Waals surface area contributed by atoms with Crippen molar-refractivity contribution in [1.29, 1.82) is 0 Å². The molecule has 1 aromatic rings. The van der Waals surface area contributed by atoms with E-state index in [1.165, 1.54) is 5.56 Å². The third-order valence-corrected chi connectivity index (χ3v) is 6.08. The van der Waals surface area contributed by atoms with E-state index in [1.807, 2.05) is 11.9 Å². The van der Waals surface area contributed by atoms with Crippen LogP contribution in [-0.4, -0.2) is 48.4 Å². The molecule has 1 aliphatic heterocycles. The van der Waals surface area contributed by atoms with Crippen molar-refractivity contribution >= 4 is 30.7 Å². The summed E-state index contributed by atoms with van der Waals surface area (Å²) in [5.41, 5.74) is 7.09. The zero-order valence-corrected chi connectivity index (χ0v) is 17.4. The van der Waals surface area contributed by atoms with E-state index in [1.54, 1.807) is 0 Å². The third-order valence-electron chi connectivity index (χ3n) is 6.08. The van der Waals surface area contributed by atoms with Gasteiger partial charge in [0.2, 0.25) is 5.91 Å². The normalized spacial score (nSPS) is 20.1. The van der Waals surface area contributed by atoms with Gasteiger partial charge in [-0.2, -0.15) is 0 Å². The number of hydrogen-bond acceptors (Lipinski definition) is 3. The molecule has 1 aromatic carbocycles. The molecule has 0 spiro atoms. The van der Waals surface area contributed by atoms with Crippen molar-refractivity contribution in [1.82, 2.24) is 9.80 Å². The van der Waals surface area contributed by atoms with Crippen LogP contribution < -0.4 is 5.73 Å². The lowest BCUT2D eigenvalue weighted by Gasteiger charge is -2.40. The van der Waals surface area contributed by atoms with Crippen molar-refractivity contribution in [2.24, 2.45) is 11.1 Å². The number of amides is 1. The summed E-state index contributed by atoms with van der Waals surface area (Å²) in [5, 5.41) is 0. The molecule has 0 aromatic heterocycles. The Morgan fingerprint density at radius 2 is 1.73 bits per heavy atom. The van der Waals surface area contributed by atoms with Gasteiger partial charge in [0.15, 0.2) is 0 Å². The van der Waals surface area contributed by atoms with Crippen molar-refractivity contribution in [2.45, 2.75) is 51.1 Å². The largest absolute Gasteiger partial charge is 0.342 e. The Hall–Kier alpha value is -0.810.